The number of hydrogen-bond acceptors (Lipinski definition) is 9. The molecule has 0 aliphatic carbocycles. The molecule has 0 saturated carbocycles. The van der Waals surface area contributed by atoms with Crippen LogP contribution < -0.4 is 27.3 Å². The molecule has 1 saturated heterocycles. The smallest absolute Gasteiger partial charge is 0.268 e. The maximum Gasteiger partial charge on any atom is 0.268 e. The summed E-state index contributed by atoms with van der Waals surface area (Å²) in [5.41, 5.74) is 12.1. The molecule has 0 radical (unpaired) electrons. The lowest BCUT2D eigenvalue weighted by Crippen LogP contribution is -2.32. The maximum atomic E-state index is 13.2. The van der Waals surface area contributed by atoms with Crippen LogP contribution in [-0.4, -0.2) is 55.0 Å². The number of carbonyl (C=O) groups excluding carboxylic acids is 1. The van der Waals surface area contributed by atoms with E-state index in [2.05, 4.69) is 41.3 Å². The van der Waals surface area contributed by atoms with Gasteiger partial charge in [-0.1, -0.05) is 6.07 Å². The minimum absolute atomic E-state index is 0.100. The van der Waals surface area contributed by atoms with E-state index in [-0.39, 0.29) is 11.8 Å². The normalized spacial score (nSPS) is 18.2. The van der Waals surface area contributed by atoms with Gasteiger partial charge in [0.05, 0.1) is 18.8 Å². The minimum atomic E-state index is -0.117. The molecule has 1 fully saturated rings. The second-order valence-corrected chi connectivity index (χ2v) is 10.4. The summed E-state index contributed by atoms with van der Waals surface area (Å²) < 4.78 is 6.31. The Balaban J connectivity index is 1.24. The number of hydrazone groups is 1. The molecule has 3 aromatic heterocycles. The molecular formula is C24H33N11OS. The van der Waals surface area contributed by atoms with Crippen LogP contribution in [0.25, 0.3) is 0 Å². The largest absolute Gasteiger partial charge is 0.385 e. The van der Waals surface area contributed by atoms with Crippen LogP contribution in [0.1, 0.15) is 33.9 Å². The van der Waals surface area contributed by atoms with Gasteiger partial charge < -0.3 is 20.5 Å². The summed E-state index contributed by atoms with van der Waals surface area (Å²) in [7, 11) is 1.93. The Bertz CT molecular complexity index is 1300. The van der Waals surface area contributed by atoms with Crippen molar-refractivity contribution in [2.45, 2.75) is 37.9 Å². The molecule has 37 heavy (non-hydrogen) atoms. The summed E-state index contributed by atoms with van der Waals surface area (Å²) in [5.74, 6) is 6.59. The Labute approximate surface area is 220 Å². The van der Waals surface area contributed by atoms with Gasteiger partial charge in [-0.3, -0.25) is 9.48 Å². The molecule has 1 unspecified atom stereocenters. The highest BCUT2D eigenvalue weighted by Crippen LogP contribution is 2.31. The molecule has 0 bridgehead atoms. The maximum absolute atomic E-state index is 13.2. The third kappa shape index (κ3) is 5.29. The molecule has 1 amide bonds. The lowest BCUT2D eigenvalue weighted by molar-refractivity contribution is 0.0942. The van der Waals surface area contributed by atoms with Gasteiger partial charge in [0.2, 0.25) is 0 Å². The van der Waals surface area contributed by atoms with E-state index < -0.39 is 0 Å². The number of amidine groups is 1. The molecule has 5 rings (SSSR count). The Hall–Kier alpha value is -3.55. The Morgan fingerprint density at radius 1 is 1.27 bits per heavy atom. The number of aromatic nitrogens is 4. The van der Waals surface area contributed by atoms with Crippen LogP contribution in [0.2, 0.25) is 0 Å². The second kappa shape index (κ2) is 10.8. The van der Waals surface area contributed by atoms with E-state index in [0.717, 1.165) is 54.6 Å². The van der Waals surface area contributed by atoms with E-state index in [1.807, 2.05) is 47.6 Å². The molecule has 6 N–H and O–H groups in total. The zero-order valence-electron chi connectivity index (χ0n) is 21.1. The van der Waals surface area contributed by atoms with Crippen LogP contribution in [0.15, 0.2) is 46.7 Å². The first kappa shape index (κ1) is 25.1. The predicted molar refractivity (Wildman–Crippen MR) is 143 cm³/mol. The third-order valence-corrected chi connectivity index (χ3v) is 8.24. The number of hydrogen-bond donors (Lipinski definition) is 4. The van der Waals surface area contributed by atoms with Gasteiger partial charge in [0.15, 0.2) is 0 Å². The monoisotopic (exact) mass is 523 g/mol. The third-order valence-electron chi connectivity index (χ3n) is 7.06. The molecule has 2 aliphatic heterocycles. The van der Waals surface area contributed by atoms with Crippen LogP contribution in [0, 0.1) is 12.8 Å². The second-order valence-electron chi connectivity index (χ2n) is 9.30. The fraction of sp³-hybridized carbons (Fsp3) is 0.417. The molecule has 196 valence electrons. The SMILES string of the molecule is Cc1c(SN2CCn3nccc3C2)cc(C(=O)NCc2cccnc2N2CCC(/C(N)=N/NN)C2)n1C. The average molecular weight is 524 g/mol. The van der Waals surface area contributed by atoms with E-state index in [9.17, 15) is 4.79 Å². The highest BCUT2D eigenvalue weighted by atomic mass is 32.2. The number of anilines is 1. The topological polar surface area (TPSA) is 148 Å². The highest BCUT2D eigenvalue weighted by molar-refractivity contribution is 7.97. The fourth-order valence-corrected chi connectivity index (χ4v) is 5.92. The molecular weight excluding hydrogens is 490 g/mol. The minimum Gasteiger partial charge on any atom is -0.385 e. The summed E-state index contributed by atoms with van der Waals surface area (Å²) in [6, 6.07) is 7.91. The zero-order chi connectivity index (χ0) is 25.9. The lowest BCUT2D eigenvalue weighted by atomic mass is 10.1. The summed E-state index contributed by atoms with van der Waals surface area (Å²) in [5, 5.41) is 11.4. The van der Waals surface area contributed by atoms with Gasteiger partial charge in [0, 0.05) is 67.7 Å². The summed E-state index contributed by atoms with van der Waals surface area (Å²) in [4.78, 5) is 21.1. The number of hydrazine groups is 1. The highest BCUT2D eigenvalue weighted by Gasteiger charge is 2.28. The lowest BCUT2D eigenvalue weighted by Gasteiger charge is -2.26. The molecule has 13 heteroatoms. The van der Waals surface area contributed by atoms with Gasteiger partial charge >= 0.3 is 0 Å². The first-order valence-electron chi connectivity index (χ1n) is 12.3. The van der Waals surface area contributed by atoms with Crippen LogP contribution in [0.3, 0.4) is 0 Å². The van der Waals surface area contributed by atoms with Crippen molar-refractivity contribution in [2.75, 3.05) is 24.5 Å². The number of nitrogens with zero attached hydrogens (tertiary/aromatic N) is 7. The zero-order valence-corrected chi connectivity index (χ0v) is 21.9. The van der Waals surface area contributed by atoms with Gasteiger partial charge in [0.25, 0.3) is 5.91 Å². The molecule has 0 spiro atoms. The number of nitrogens with two attached hydrogens (primary N) is 2. The van der Waals surface area contributed by atoms with Crippen molar-refractivity contribution < 1.29 is 4.79 Å². The van der Waals surface area contributed by atoms with E-state index in [0.29, 0.717) is 24.6 Å². The van der Waals surface area contributed by atoms with Crippen LogP contribution in [0.4, 0.5) is 5.82 Å². The predicted octanol–water partition coefficient (Wildman–Crippen LogP) is 0.940. The van der Waals surface area contributed by atoms with Gasteiger partial charge in [-0.25, -0.2) is 20.7 Å². The fourth-order valence-electron chi connectivity index (χ4n) is 4.84. The van der Waals surface area contributed by atoms with Crippen molar-refractivity contribution in [1.29, 1.82) is 0 Å². The number of rotatable bonds is 8. The molecule has 1 atom stereocenters. The van der Waals surface area contributed by atoms with Crippen molar-refractivity contribution in [3.63, 3.8) is 0 Å². The number of pyridine rings is 1. The quantitative estimate of drug-likeness (QED) is 0.111. The van der Waals surface area contributed by atoms with Gasteiger partial charge in [-0.15, -0.1) is 0 Å². The number of nitrogens with one attached hydrogen (secondary N) is 2. The van der Waals surface area contributed by atoms with Crippen molar-refractivity contribution >= 4 is 29.5 Å². The Morgan fingerprint density at radius 3 is 2.97 bits per heavy atom. The van der Waals surface area contributed by atoms with E-state index in [1.54, 1.807) is 18.1 Å². The van der Waals surface area contributed by atoms with Crippen molar-refractivity contribution in [2.24, 2.45) is 29.6 Å². The van der Waals surface area contributed by atoms with E-state index >= 15 is 0 Å². The Morgan fingerprint density at radius 2 is 2.14 bits per heavy atom. The van der Waals surface area contributed by atoms with Crippen molar-refractivity contribution in [3.8, 4) is 0 Å². The van der Waals surface area contributed by atoms with E-state index in [4.69, 9.17) is 11.6 Å². The van der Waals surface area contributed by atoms with Gasteiger partial charge in [-0.2, -0.15) is 10.2 Å². The molecule has 3 aromatic rings. The molecule has 12 nitrogen and oxygen atoms in total. The molecule has 5 heterocycles. The van der Waals surface area contributed by atoms with Crippen LogP contribution in [0.5, 0.6) is 0 Å². The van der Waals surface area contributed by atoms with Crippen LogP contribution >= 0.6 is 11.9 Å². The van der Waals surface area contributed by atoms with Crippen molar-refractivity contribution in [1.82, 2.24) is 34.5 Å². The summed E-state index contributed by atoms with van der Waals surface area (Å²) in [6.45, 7) is 6.51. The first-order valence-corrected chi connectivity index (χ1v) is 13.1. The Kier molecular flexibility index (Phi) is 7.35. The summed E-state index contributed by atoms with van der Waals surface area (Å²) >= 11 is 1.69. The van der Waals surface area contributed by atoms with Crippen LogP contribution in [-0.2, 0) is 26.7 Å². The number of carbonyl (C=O) groups is 1. The van der Waals surface area contributed by atoms with E-state index in [1.165, 1.54) is 5.69 Å². The first-order chi connectivity index (χ1) is 17.9. The average Bonchev–Trinajstić information content (AvgIpc) is 3.64. The van der Waals surface area contributed by atoms with Crippen molar-refractivity contribution in [3.05, 3.63) is 59.3 Å². The summed E-state index contributed by atoms with van der Waals surface area (Å²) in [6.07, 6.45) is 4.48. The molecule has 0 aromatic carbocycles. The van der Waals surface area contributed by atoms with Gasteiger partial charge in [0.1, 0.15) is 17.3 Å². The number of fused-ring (bicyclic) bond motifs is 1. The standard InChI is InChI=1S/C24H33N11OS/c1-16-21(37-34-10-11-35-19(15-34)5-8-29-35)12-20(32(16)2)24(36)28-13-17-4-3-7-27-23(17)33-9-6-18(14-33)22(25)30-31-26/h3-5,7-8,12,18,31H,6,9-11,13-15,26H2,1-2H3,(H2,25,30)(H,28,36). The van der Waals surface area contributed by atoms with Gasteiger partial charge in [-0.05, 0) is 43.5 Å². The molecule has 2 aliphatic rings. The number of amides is 1.